The predicted octanol–water partition coefficient (Wildman–Crippen LogP) is 6.21. The van der Waals surface area contributed by atoms with Gasteiger partial charge in [0.1, 0.15) is 6.04 Å². The van der Waals surface area contributed by atoms with Gasteiger partial charge in [0.2, 0.25) is 11.8 Å². The lowest BCUT2D eigenvalue weighted by atomic mass is 10.1. The van der Waals surface area contributed by atoms with E-state index in [0.717, 1.165) is 17.5 Å². The fourth-order valence-corrected chi connectivity index (χ4v) is 4.12. The van der Waals surface area contributed by atoms with Crippen LogP contribution < -0.4 is 5.32 Å². The van der Waals surface area contributed by atoms with Crippen molar-refractivity contribution in [2.45, 2.75) is 51.6 Å². The third kappa shape index (κ3) is 8.23. The highest BCUT2D eigenvalue weighted by molar-refractivity contribution is 7.99. The predicted molar refractivity (Wildman–Crippen MR) is 132 cm³/mol. The minimum Gasteiger partial charge on any atom is -0.352 e. The maximum atomic E-state index is 13.1. The summed E-state index contributed by atoms with van der Waals surface area (Å²) in [5, 5.41) is 4.50. The van der Waals surface area contributed by atoms with Gasteiger partial charge in [-0.25, -0.2) is 0 Å². The van der Waals surface area contributed by atoms with Gasteiger partial charge in [0.25, 0.3) is 0 Å². The number of thioether (sulfide) groups is 1. The Morgan fingerprint density at radius 3 is 2.26 bits per heavy atom. The smallest absolute Gasteiger partial charge is 0.242 e. The van der Waals surface area contributed by atoms with E-state index in [1.807, 2.05) is 44.2 Å². The zero-order chi connectivity index (χ0) is 23.0. The molecule has 1 N–H and O–H groups in total. The van der Waals surface area contributed by atoms with E-state index < -0.39 is 6.04 Å². The molecule has 0 aliphatic heterocycles. The summed E-state index contributed by atoms with van der Waals surface area (Å²) in [6.07, 6.45) is 0.816. The van der Waals surface area contributed by atoms with Crippen molar-refractivity contribution in [1.82, 2.24) is 10.2 Å². The second kappa shape index (κ2) is 12.6. The largest absolute Gasteiger partial charge is 0.352 e. The summed E-state index contributed by atoms with van der Waals surface area (Å²) in [5.41, 5.74) is 1.90. The van der Waals surface area contributed by atoms with Crippen LogP contribution in [0.15, 0.2) is 42.5 Å². The Morgan fingerprint density at radius 2 is 1.65 bits per heavy atom. The molecule has 0 aromatic heterocycles. The summed E-state index contributed by atoms with van der Waals surface area (Å²) in [5.74, 6) is 0.643. The molecule has 2 atom stereocenters. The van der Waals surface area contributed by atoms with Crippen LogP contribution in [-0.4, -0.2) is 34.6 Å². The van der Waals surface area contributed by atoms with E-state index in [4.69, 9.17) is 34.8 Å². The Labute approximate surface area is 203 Å². The second-order valence-corrected chi connectivity index (χ2v) is 9.62. The van der Waals surface area contributed by atoms with Crippen LogP contribution in [0.2, 0.25) is 15.1 Å². The average molecular weight is 502 g/mol. The molecule has 0 radical (unpaired) electrons. The number of hydrogen-bond acceptors (Lipinski definition) is 3. The van der Waals surface area contributed by atoms with Gasteiger partial charge in [0, 0.05) is 23.4 Å². The van der Waals surface area contributed by atoms with Crippen LogP contribution in [0.3, 0.4) is 0 Å². The molecule has 2 aromatic rings. The molecule has 0 saturated carbocycles. The Morgan fingerprint density at radius 1 is 1.00 bits per heavy atom. The van der Waals surface area contributed by atoms with Gasteiger partial charge >= 0.3 is 0 Å². The van der Waals surface area contributed by atoms with Crippen LogP contribution in [0.1, 0.15) is 38.3 Å². The highest BCUT2D eigenvalue weighted by Gasteiger charge is 2.26. The number of halogens is 3. The lowest BCUT2D eigenvalue weighted by molar-refractivity contribution is -0.138. The van der Waals surface area contributed by atoms with E-state index >= 15 is 0 Å². The van der Waals surface area contributed by atoms with Crippen molar-refractivity contribution in [3.05, 3.63) is 68.7 Å². The Bertz CT molecular complexity index is 893. The quantitative estimate of drug-likeness (QED) is 0.421. The van der Waals surface area contributed by atoms with Gasteiger partial charge in [0.05, 0.1) is 15.8 Å². The number of benzene rings is 2. The fraction of sp³-hybridized carbons (Fsp3) is 0.391. The summed E-state index contributed by atoms with van der Waals surface area (Å²) in [7, 11) is 0. The van der Waals surface area contributed by atoms with Gasteiger partial charge in [-0.2, -0.15) is 0 Å². The first kappa shape index (κ1) is 25.9. The first-order chi connectivity index (χ1) is 14.7. The Balaban J connectivity index is 2.10. The van der Waals surface area contributed by atoms with E-state index in [2.05, 4.69) is 5.32 Å². The van der Waals surface area contributed by atoms with Crippen LogP contribution in [-0.2, 0) is 21.9 Å². The molecule has 0 saturated heterocycles. The maximum absolute atomic E-state index is 13.1. The summed E-state index contributed by atoms with van der Waals surface area (Å²) in [6.45, 7) is 5.96. The molecule has 31 heavy (non-hydrogen) atoms. The van der Waals surface area contributed by atoms with Crippen molar-refractivity contribution >= 4 is 58.4 Å². The maximum Gasteiger partial charge on any atom is 0.242 e. The molecule has 168 valence electrons. The number of nitrogens with zero attached hydrogens (tertiary/aromatic N) is 1. The van der Waals surface area contributed by atoms with Gasteiger partial charge in [0.15, 0.2) is 0 Å². The Hall–Kier alpha value is -1.40. The molecule has 4 nitrogen and oxygen atoms in total. The Kier molecular flexibility index (Phi) is 10.5. The molecule has 0 heterocycles. The molecule has 2 amide bonds. The standard InChI is InChI=1S/C23H27Cl3N2O2S/c1-4-15(2)27-23(30)16(3)28(12-18-7-10-20(25)21(26)11-18)22(29)14-31-13-17-5-8-19(24)9-6-17/h5-11,15-16H,4,12-14H2,1-3H3,(H,27,30). The van der Waals surface area contributed by atoms with Gasteiger partial charge < -0.3 is 10.2 Å². The lowest BCUT2D eigenvalue weighted by Gasteiger charge is -2.29. The zero-order valence-corrected chi connectivity index (χ0v) is 20.9. The van der Waals surface area contributed by atoms with Gasteiger partial charge in [-0.05, 0) is 55.7 Å². The van der Waals surface area contributed by atoms with Crippen LogP contribution in [0.4, 0.5) is 0 Å². The van der Waals surface area contributed by atoms with E-state index in [9.17, 15) is 9.59 Å². The first-order valence-electron chi connectivity index (χ1n) is 10.1. The molecule has 2 aromatic carbocycles. The van der Waals surface area contributed by atoms with Crippen molar-refractivity contribution in [1.29, 1.82) is 0 Å². The van der Waals surface area contributed by atoms with Gasteiger partial charge in [-0.1, -0.05) is 59.9 Å². The summed E-state index contributed by atoms with van der Waals surface area (Å²) in [6, 6.07) is 12.2. The summed E-state index contributed by atoms with van der Waals surface area (Å²) < 4.78 is 0. The SMILES string of the molecule is CCC(C)NC(=O)C(C)N(Cc1ccc(Cl)c(Cl)c1)C(=O)CSCc1ccc(Cl)cc1. The minimum absolute atomic E-state index is 0.0381. The number of carbonyl (C=O) groups is 2. The molecule has 0 aliphatic carbocycles. The number of carbonyl (C=O) groups excluding carboxylic acids is 2. The molecule has 0 aliphatic rings. The number of hydrogen-bond donors (Lipinski definition) is 1. The molecule has 0 fully saturated rings. The molecule has 8 heteroatoms. The molecule has 2 unspecified atom stereocenters. The lowest BCUT2D eigenvalue weighted by Crippen LogP contribution is -2.50. The van der Waals surface area contributed by atoms with Crippen molar-refractivity contribution in [2.24, 2.45) is 0 Å². The van der Waals surface area contributed by atoms with Crippen LogP contribution in [0.5, 0.6) is 0 Å². The van der Waals surface area contributed by atoms with Gasteiger partial charge in [-0.15, -0.1) is 11.8 Å². The minimum atomic E-state index is -0.618. The van der Waals surface area contributed by atoms with E-state index in [1.54, 1.807) is 24.0 Å². The van der Waals surface area contributed by atoms with Crippen LogP contribution in [0, 0.1) is 0 Å². The van der Waals surface area contributed by atoms with Gasteiger partial charge in [-0.3, -0.25) is 9.59 Å². The molecule has 2 rings (SSSR count). The fourth-order valence-electron chi connectivity index (χ4n) is 2.80. The number of amides is 2. The average Bonchev–Trinajstić information content (AvgIpc) is 2.75. The monoisotopic (exact) mass is 500 g/mol. The summed E-state index contributed by atoms with van der Waals surface area (Å²) >= 11 is 19.6. The molecular weight excluding hydrogens is 475 g/mol. The number of nitrogens with one attached hydrogen (secondary N) is 1. The summed E-state index contributed by atoms with van der Waals surface area (Å²) in [4.78, 5) is 27.4. The highest BCUT2D eigenvalue weighted by Crippen LogP contribution is 2.24. The number of rotatable bonds is 10. The van der Waals surface area contributed by atoms with Crippen molar-refractivity contribution in [3.63, 3.8) is 0 Å². The van der Waals surface area contributed by atoms with Crippen molar-refractivity contribution < 1.29 is 9.59 Å². The molecule has 0 bridgehead atoms. The van der Waals surface area contributed by atoms with Crippen LogP contribution in [0.25, 0.3) is 0 Å². The molecular formula is C23H27Cl3N2O2S. The van der Waals surface area contributed by atoms with E-state index in [1.165, 1.54) is 11.8 Å². The first-order valence-corrected chi connectivity index (χ1v) is 12.4. The second-order valence-electron chi connectivity index (χ2n) is 7.38. The van der Waals surface area contributed by atoms with E-state index in [0.29, 0.717) is 20.8 Å². The highest BCUT2D eigenvalue weighted by atomic mass is 35.5. The third-order valence-corrected chi connectivity index (χ3v) is 6.89. The normalized spacial score (nSPS) is 12.8. The topological polar surface area (TPSA) is 49.4 Å². The van der Waals surface area contributed by atoms with Crippen molar-refractivity contribution in [2.75, 3.05) is 5.75 Å². The molecule has 0 spiro atoms. The van der Waals surface area contributed by atoms with E-state index in [-0.39, 0.29) is 30.2 Å². The van der Waals surface area contributed by atoms with Crippen LogP contribution >= 0.6 is 46.6 Å². The zero-order valence-electron chi connectivity index (χ0n) is 17.8. The van der Waals surface area contributed by atoms with Crippen molar-refractivity contribution in [3.8, 4) is 0 Å². The third-order valence-electron chi connectivity index (χ3n) is 4.91.